The summed E-state index contributed by atoms with van der Waals surface area (Å²) >= 11 is 0. The predicted molar refractivity (Wildman–Crippen MR) is 426 cm³/mol. The molecule has 6 aromatic carbocycles. The highest BCUT2D eigenvalue weighted by Gasteiger charge is 2.22. The first-order valence-electron chi connectivity index (χ1n) is 40.2. The smallest absolute Gasteiger partial charge is 0.167 e. The van der Waals surface area contributed by atoms with Crippen molar-refractivity contribution in [2.24, 2.45) is 0 Å². The molecule has 0 unspecified atom stereocenters. The number of nitrogens with one attached hydrogen (secondary N) is 1. The lowest BCUT2D eigenvalue weighted by atomic mass is 10.1. The van der Waals surface area contributed by atoms with Crippen molar-refractivity contribution in [1.82, 2.24) is 35.2 Å². The molecule has 0 atom stereocenters. The second-order valence-electron chi connectivity index (χ2n) is 27.7. The maximum atomic E-state index is 13.8. The van der Waals surface area contributed by atoms with Crippen molar-refractivity contribution in [3.8, 4) is 114 Å². The number of rotatable bonds is 43. The van der Waals surface area contributed by atoms with E-state index >= 15 is 0 Å². The van der Waals surface area contributed by atoms with Crippen molar-refractivity contribution in [1.29, 1.82) is 0 Å². The molecule has 0 bridgehead atoms. The first kappa shape index (κ1) is 82.1. The summed E-state index contributed by atoms with van der Waals surface area (Å²) in [5.74, 6) is 6.13. The molecule has 10 rings (SSSR count). The highest BCUT2D eigenvalue weighted by atomic mass is 19.1. The summed E-state index contributed by atoms with van der Waals surface area (Å²) < 4.78 is 50.7. The number of piperidine rings is 2. The van der Waals surface area contributed by atoms with Gasteiger partial charge in [-0.1, -0.05) is 164 Å². The maximum absolute atomic E-state index is 13.8. The molecule has 8 aromatic rings. The first-order valence-corrected chi connectivity index (χ1v) is 40.2. The molecule has 2 aliphatic rings. The number of aromatic nitrogens is 6. The standard InChI is InChI=1S/C44H60N4O4.C39H50FN3O4.C5H11N/c1-4-7-10-16-29-50-36-23-25-38(40(49)32-36)43-45-42(34-19-21-35(22-20-34)48-27-14-13-15-28-48)46-44(47-43)39-26-24-37(51-30-17-11-8-5-2)33-41(39)52-31-18-12-9-6-3;1-4-7-10-13-24-45-31-20-22-33(35(44)27-31)38-41-37(29-16-18-30(40)19-17-29)42-39(43-38)34-23-21-32(46-25-14-11-8-5-2)28-36(34)47-26-15-12-9-6-3;1-2-4-6-5-3-1/h19-26,32-33,49H,4-18,27-31H2,1-3H3;16-23,27-28,44H,4-15,24-26H2,1-3H3;6H,1-5H2. The number of phenols is 2. The molecule has 0 aliphatic carbocycles. The molecular formula is C88H121FN8O8. The third-order valence-electron chi connectivity index (χ3n) is 18.8. The Hall–Kier alpha value is -8.57. The highest BCUT2D eigenvalue weighted by molar-refractivity contribution is 5.75. The molecular weight excluding hydrogens is 1320 g/mol. The molecule has 3 N–H and O–H groups in total. The molecule has 4 heterocycles. The Kier molecular flexibility index (Phi) is 37.4. The van der Waals surface area contributed by atoms with Crippen molar-refractivity contribution in [3.05, 3.63) is 127 Å². The zero-order valence-corrected chi connectivity index (χ0v) is 64.2. The number of hydrogen-bond acceptors (Lipinski definition) is 16. The van der Waals surface area contributed by atoms with Crippen LogP contribution in [0.5, 0.6) is 46.0 Å². The Labute approximate surface area is 627 Å². The summed E-state index contributed by atoms with van der Waals surface area (Å²) in [5, 5.41) is 25.6. The zero-order valence-electron chi connectivity index (χ0n) is 64.2. The summed E-state index contributed by atoms with van der Waals surface area (Å²) in [7, 11) is 0. The third-order valence-corrected chi connectivity index (χ3v) is 18.8. The fourth-order valence-corrected chi connectivity index (χ4v) is 12.5. The van der Waals surface area contributed by atoms with Crippen LogP contribution in [0.2, 0.25) is 0 Å². The van der Waals surface area contributed by atoms with Crippen LogP contribution in [-0.2, 0) is 0 Å². The van der Waals surface area contributed by atoms with Crippen molar-refractivity contribution in [2.75, 3.05) is 70.7 Å². The van der Waals surface area contributed by atoms with E-state index in [0.29, 0.717) is 114 Å². The topological polar surface area (TPSA) is 188 Å². The molecule has 2 aromatic heterocycles. The van der Waals surface area contributed by atoms with Gasteiger partial charge in [0.05, 0.1) is 61.9 Å². The second kappa shape index (κ2) is 47.8. The highest BCUT2D eigenvalue weighted by Crippen LogP contribution is 2.40. The Bertz CT molecular complexity index is 3730. The van der Waals surface area contributed by atoms with Crippen LogP contribution in [0.25, 0.3) is 68.3 Å². The average Bonchev–Trinajstić information content (AvgIpc) is 0.790. The quantitative estimate of drug-likeness (QED) is 0.0306. The van der Waals surface area contributed by atoms with E-state index in [2.05, 4.69) is 76.0 Å². The molecule has 16 nitrogen and oxygen atoms in total. The number of halogens is 1. The molecule has 2 saturated heterocycles. The molecule has 17 heteroatoms. The maximum Gasteiger partial charge on any atom is 0.167 e. The third kappa shape index (κ3) is 28.3. The number of hydrogen-bond donors (Lipinski definition) is 3. The van der Waals surface area contributed by atoms with Crippen LogP contribution in [0.1, 0.15) is 234 Å². The minimum Gasteiger partial charge on any atom is -0.507 e. The van der Waals surface area contributed by atoms with Crippen LogP contribution in [0.4, 0.5) is 10.1 Å². The molecule has 105 heavy (non-hydrogen) atoms. The van der Waals surface area contributed by atoms with Gasteiger partial charge in [-0.3, -0.25) is 0 Å². The predicted octanol–water partition coefficient (Wildman–Crippen LogP) is 22.8. The minimum absolute atomic E-state index is 0.00233. The van der Waals surface area contributed by atoms with Crippen LogP contribution in [0, 0.1) is 5.82 Å². The van der Waals surface area contributed by atoms with Gasteiger partial charge in [-0.25, -0.2) is 34.3 Å². The number of phenolic OH excluding ortho intramolecular Hbond substituents is 2. The van der Waals surface area contributed by atoms with Crippen molar-refractivity contribution < 1.29 is 43.0 Å². The van der Waals surface area contributed by atoms with E-state index in [9.17, 15) is 14.6 Å². The van der Waals surface area contributed by atoms with Crippen molar-refractivity contribution in [3.63, 3.8) is 0 Å². The Morgan fingerprint density at radius 2 is 0.629 bits per heavy atom. The Morgan fingerprint density at radius 3 is 0.952 bits per heavy atom. The largest absolute Gasteiger partial charge is 0.507 e. The summed E-state index contributed by atoms with van der Waals surface area (Å²) in [5.41, 5.74) is 5.10. The van der Waals surface area contributed by atoms with E-state index in [1.807, 2.05) is 54.6 Å². The fourth-order valence-electron chi connectivity index (χ4n) is 12.5. The molecule has 2 aliphatic heterocycles. The monoisotopic (exact) mass is 1440 g/mol. The van der Waals surface area contributed by atoms with E-state index in [4.69, 9.17) is 58.3 Å². The molecule has 0 spiro atoms. The van der Waals surface area contributed by atoms with Crippen LogP contribution >= 0.6 is 0 Å². The molecule has 568 valence electrons. The average molecular weight is 1440 g/mol. The normalized spacial score (nSPS) is 12.7. The van der Waals surface area contributed by atoms with Crippen LogP contribution in [0.15, 0.2) is 121 Å². The van der Waals surface area contributed by atoms with Crippen molar-refractivity contribution >= 4 is 5.69 Å². The summed E-state index contributed by atoms with van der Waals surface area (Å²) in [4.78, 5) is 31.7. The van der Waals surface area contributed by atoms with Gasteiger partial charge in [0.15, 0.2) is 34.9 Å². The molecule has 2 fully saturated rings. The van der Waals surface area contributed by atoms with E-state index in [1.54, 1.807) is 30.3 Å². The molecule has 0 saturated carbocycles. The number of nitrogens with zero attached hydrogens (tertiary/aromatic N) is 7. The van der Waals surface area contributed by atoms with Gasteiger partial charge in [0.25, 0.3) is 0 Å². The van der Waals surface area contributed by atoms with Gasteiger partial charge < -0.3 is 48.9 Å². The minimum atomic E-state index is -0.352. The molecule has 0 radical (unpaired) electrons. The first-order chi connectivity index (χ1) is 51.6. The number of aromatic hydroxyl groups is 2. The number of ether oxygens (including phenoxy) is 6. The SMILES string of the molecule is C1CCNCC1.CCCCCCOc1ccc(-c2nc(-c3ccc(F)cc3)nc(-c3ccc(OCCCCCC)cc3OCCCCCC)n2)c(O)c1.CCCCCCOc1ccc(-c2nc(-c3ccc(N4CCCCC4)cc3)nc(-c3ccc(OCCCCCC)cc3OCCCCCC)n2)c(O)c1. The van der Waals surface area contributed by atoms with Crippen LogP contribution < -0.4 is 38.6 Å². The lowest BCUT2D eigenvalue weighted by Gasteiger charge is -2.28. The summed E-state index contributed by atoms with van der Waals surface area (Å²) in [6.45, 7) is 21.5. The second-order valence-corrected chi connectivity index (χ2v) is 27.7. The van der Waals surface area contributed by atoms with E-state index in [1.165, 1.54) is 127 Å². The number of unbranched alkanes of at least 4 members (excludes halogenated alkanes) is 18. The van der Waals surface area contributed by atoms with Gasteiger partial charge in [0, 0.05) is 54.2 Å². The number of anilines is 1. The van der Waals surface area contributed by atoms with Gasteiger partial charge in [0.1, 0.15) is 51.8 Å². The van der Waals surface area contributed by atoms with Gasteiger partial charge >= 0.3 is 0 Å². The zero-order chi connectivity index (χ0) is 73.9. The van der Waals surface area contributed by atoms with Gasteiger partial charge in [-0.2, -0.15) is 0 Å². The van der Waals surface area contributed by atoms with Gasteiger partial charge in [0.2, 0.25) is 0 Å². The van der Waals surface area contributed by atoms with Crippen molar-refractivity contribution in [2.45, 2.75) is 234 Å². The van der Waals surface area contributed by atoms with Crippen LogP contribution in [-0.4, -0.2) is 106 Å². The summed E-state index contributed by atoms with van der Waals surface area (Å²) in [6, 6.07) is 36.7. The lowest BCUT2D eigenvalue weighted by molar-refractivity contribution is 0.290. The van der Waals surface area contributed by atoms with E-state index < -0.39 is 0 Å². The van der Waals surface area contributed by atoms with Gasteiger partial charge in [-0.05, 0) is 181 Å². The molecule has 0 amide bonds. The van der Waals surface area contributed by atoms with Crippen LogP contribution in [0.3, 0.4) is 0 Å². The summed E-state index contributed by atoms with van der Waals surface area (Å²) in [6.07, 6.45) is 34.7. The fraction of sp³-hybridized carbons (Fsp3) is 0.523. The van der Waals surface area contributed by atoms with E-state index in [0.717, 1.165) is 132 Å². The lowest BCUT2D eigenvalue weighted by Crippen LogP contribution is -2.29. The Morgan fingerprint density at radius 1 is 0.324 bits per heavy atom. The Balaban J connectivity index is 0.000000246. The van der Waals surface area contributed by atoms with Gasteiger partial charge in [-0.15, -0.1) is 0 Å². The number of benzene rings is 6. The van der Waals surface area contributed by atoms with E-state index in [-0.39, 0.29) is 23.1 Å².